The number of ether oxygens (including phenoxy) is 3. The molecule has 0 spiro atoms. The summed E-state index contributed by atoms with van der Waals surface area (Å²) < 4.78 is 15.6. The minimum atomic E-state index is -1.08. The number of benzene rings is 1. The summed E-state index contributed by atoms with van der Waals surface area (Å²) >= 11 is 0. The van der Waals surface area contributed by atoms with Crippen molar-refractivity contribution in [1.82, 2.24) is 4.90 Å². The lowest BCUT2D eigenvalue weighted by atomic mass is 10.1. The summed E-state index contributed by atoms with van der Waals surface area (Å²) in [5.41, 5.74) is 1.10. The number of carbonyl (C=O) groups is 2. The SMILES string of the molecule is COc1cc(C(=O)N2CCOCC2C(=O)O)cc(OC)c1C. The van der Waals surface area contributed by atoms with Crippen molar-refractivity contribution < 1.29 is 28.9 Å². The van der Waals surface area contributed by atoms with Crippen LogP contribution in [0.5, 0.6) is 11.5 Å². The van der Waals surface area contributed by atoms with E-state index in [0.717, 1.165) is 5.56 Å². The summed E-state index contributed by atoms with van der Waals surface area (Å²) in [6.45, 7) is 2.35. The van der Waals surface area contributed by atoms with Crippen LogP contribution in [0.1, 0.15) is 15.9 Å². The van der Waals surface area contributed by atoms with Crippen molar-refractivity contribution in [2.75, 3.05) is 34.0 Å². The maximum Gasteiger partial charge on any atom is 0.328 e. The van der Waals surface area contributed by atoms with Crippen LogP contribution in [0.2, 0.25) is 0 Å². The topological polar surface area (TPSA) is 85.3 Å². The Hall–Kier alpha value is -2.28. The zero-order valence-corrected chi connectivity index (χ0v) is 12.8. The van der Waals surface area contributed by atoms with Gasteiger partial charge in [0.05, 0.1) is 27.4 Å². The van der Waals surface area contributed by atoms with Gasteiger partial charge in [0.1, 0.15) is 11.5 Å². The second-order valence-electron chi connectivity index (χ2n) is 4.93. The highest BCUT2D eigenvalue weighted by atomic mass is 16.5. The molecule has 1 unspecified atom stereocenters. The van der Waals surface area contributed by atoms with Crippen molar-refractivity contribution in [1.29, 1.82) is 0 Å². The fourth-order valence-corrected chi connectivity index (χ4v) is 2.43. The molecule has 1 heterocycles. The third-order valence-electron chi connectivity index (χ3n) is 3.67. The number of hydrogen-bond acceptors (Lipinski definition) is 5. The van der Waals surface area contributed by atoms with Crippen LogP contribution < -0.4 is 9.47 Å². The molecule has 22 heavy (non-hydrogen) atoms. The van der Waals surface area contributed by atoms with E-state index in [1.165, 1.54) is 19.1 Å². The van der Waals surface area contributed by atoms with Crippen LogP contribution in [0.15, 0.2) is 12.1 Å². The van der Waals surface area contributed by atoms with E-state index in [2.05, 4.69) is 0 Å². The molecular weight excluding hydrogens is 290 g/mol. The number of methoxy groups -OCH3 is 2. The molecule has 1 aromatic rings. The number of carboxylic acid groups (broad SMARTS) is 1. The maximum absolute atomic E-state index is 12.7. The molecule has 1 aromatic carbocycles. The minimum absolute atomic E-state index is 0.0127. The summed E-state index contributed by atoms with van der Waals surface area (Å²) in [6.07, 6.45) is 0. The van der Waals surface area contributed by atoms with Crippen molar-refractivity contribution in [2.45, 2.75) is 13.0 Å². The van der Waals surface area contributed by atoms with E-state index in [0.29, 0.717) is 23.7 Å². The van der Waals surface area contributed by atoms with Gasteiger partial charge in [-0.3, -0.25) is 4.79 Å². The van der Waals surface area contributed by atoms with Gasteiger partial charge >= 0.3 is 5.97 Å². The number of amides is 1. The molecule has 1 aliphatic heterocycles. The molecular formula is C15H19NO6. The van der Waals surface area contributed by atoms with Crippen molar-refractivity contribution in [3.8, 4) is 11.5 Å². The summed E-state index contributed by atoms with van der Waals surface area (Å²) in [4.78, 5) is 25.2. The second kappa shape index (κ2) is 6.65. The van der Waals surface area contributed by atoms with Gasteiger partial charge in [0.2, 0.25) is 0 Å². The van der Waals surface area contributed by atoms with Crippen LogP contribution in [0.4, 0.5) is 0 Å². The lowest BCUT2D eigenvalue weighted by molar-refractivity contribution is -0.147. The van der Waals surface area contributed by atoms with Crippen LogP contribution in [-0.2, 0) is 9.53 Å². The summed E-state index contributed by atoms with van der Waals surface area (Å²) in [5.74, 6) is -0.433. The van der Waals surface area contributed by atoms with Crippen molar-refractivity contribution in [3.05, 3.63) is 23.3 Å². The Labute approximate surface area is 128 Å². The molecule has 1 fully saturated rings. The zero-order chi connectivity index (χ0) is 16.3. The number of carboxylic acids is 1. The van der Waals surface area contributed by atoms with Crippen molar-refractivity contribution in [2.24, 2.45) is 0 Å². The van der Waals surface area contributed by atoms with Gasteiger partial charge in [-0.25, -0.2) is 4.79 Å². The summed E-state index contributed by atoms with van der Waals surface area (Å²) in [6, 6.07) is 2.20. The number of hydrogen-bond donors (Lipinski definition) is 1. The molecule has 0 aromatic heterocycles. The largest absolute Gasteiger partial charge is 0.496 e. The van der Waals surface area contributed by atoms with Crippen LogP contribution in [-0.4, -0.2) is 61.9 Å². The number of nitrogens with zero attached hydrogens (tertiary/aromatic N) is 1. The van der Waals surface area contributed by atoms with Gasteiger partial charge < -0.3 is 24.2 Å². The first-order valence-electron chi connectivity index (χ1n) is 6.83. The fourth-order valence-electron chi connectivity index (χ4n) is 2.43. The Bertz CT molecular complexity index is 560. The van der Waals surface area contributed by atoms with E-state index in [-0.39, 0.29) is 19.1 Å². The van der Waals surface area contributed by atoms with Gasteiger partial charge in [-0.15, -0.1) is 0 Å². The standard InChI is InChI=1S/C15H19NO6/c1-9-12(20-2)6-10(7-13(9)21-3)14(17)16-4-5-22-8-11(16)15(18)19/h6-7,11H,4-5,8H2,1-3H3,(H,18,19). The Morgan fingerprint density at radius 3 is 2.36 bits per heavy atom. The summed E-state index contributed by atoms with van der Waals surface area (Å²) in [5, 5.41) is 9.23. The smallest absolute Gasteiger partial charge is 0.328 e. The van der Waals surface area contributed by atoms with Gasteiger partial charge in [0, 0.05) is 17.7 Å². The monoisotopic (exact) mass is 309 g/mol. The van der Waals surface area contributed by atoms with Gasteiger partial charge in [0.25, 0.3) is 5.91 Å². The molecule has 1 amide bonds. The van der Waals surface area contributed by atoms with Gasteiger partial charge in [-0.2, -0.15) is 0 Å². The molecule has 1 atom stereocenters. The van der Waals surface area contributed by atoms with Gasteiger partial charge in [-0.05, 0) is 19.1 Å². The third kappa shape index (κ3) is 2.99. The third-order valence-corrected chi connectivity index (χ3v) is 3.67. The fraction of sp³-hybridized carbons (Fsp3) is 0.467. The Kier molecular flexibility index (Phi) is 4.87. The predicted octanol–water partition coefficient (Wildman–Crippen LogP) is 0.938. The van der Waals surface area contributed by atoms with Crippen molar-refractivity contribution >= 4 is 11.9 Å². The van der Waals surface area contributed by atoms with E-state index in [9.17, 15) is 14.7 Å². The predicted molar refractivity (Wildman–Crippen MR) is 77.6 cm³/mol. The van der Waals surface area contributed by atoms with Crippen LogP contribution in [0.3, 0.4) is 0 Å². The normalized spacial score (nSPS) is 18.0. The maximum atomic E-state index is 12.7. The van der Waals surface area contributed by atoms with Crippen LogP contribution in [0, 0.1) is 6.92 Å². The lowest BCUT2D eigenvalue weighted by Crippen LogP contribution is -2.52. The quantitative estimate of drug-likeness (QED) is 0.891. The number of morpholine rings is 1. The Morgan fingerprint density at radius 2 is 1.86 bits per heavy atom. The van der Waals surface area contributed by atoms with E-state index in [1.807, 2.05) is 6.92 Å². The molecule has 7 heteroatoms. The highest BCUT2D eigenvalue weighted by molar-refractivity contribution is 5.97. The van der Waals surface area contributed by atoms with E-state index in [1.54, 1.807) is 12.1 Å². The number of aliphatic carboxylic acids is 1. The van der Waals surface area contributed by atoms with Gasteiger partial charge in [-0.1, -0.05) is 0 Å². The molecule has 1 N–H and O–H groups in total. The van der Waals surface area contributed by atoms with Crippen LogP contribution >= 0.6 is 0 Å². The number of rotatable bonds is 4. The highest BCUT2D eigenvalue weighted by Gasteiger charge is 2.33. The zero-order valence-electron chi connectivity index (χ0n) is 12.8. The molecule has 1 saturated heterocycles. The second-order valence-corrected chi connectivity index (χ2v) is 4.93. The molecule has 0 saturated carbocycles. The first-order valence-corrected chi connectivity index (χ1v) is 6.83. The molecule has 0 bridgehead atoms. The number of carbonyl (C=O) groups excluding carboxylic acids is 1. The van der Waals surface area contributed by atoms with E-state index < -0.39 is 12.0 Å². The molecule has 2 rings (SSSR count). The Morgan fingerprint density at radius 1 is 1.27 bits per heavy atom. The summed E-state index contributed by atoms with van der Waals surface area (Å²) in [7, 11) is 3.01. The van der Waals surface area contributed by atoms with Gasteiger partial charge in [0.15, 0.2) is 6.04 Å². The van der Waals surface area contributed by atoms with Crippen LogP contribution in [0.25, 0.3) is 0 Å². The minimum Gasteiger partial charge on any atom is -0.496 e. The molecule has 7 nitrogen and oxygen atoms in total. The average Bonchev–Trinajstić information content (AvgIpc) is 2.54. The first-order chi connectivity index (χ1) is 10.5. The molecule has 1 aliphatic rings. The highest BCUT2D eigenvalue weighted by Crippen LogP contribution is 2.30. The Balaban J connectivity index is 2.37. The lowest BCUT2D eigenvalue weighted by Gasteiger charge is -2.33. The first kappa shape index (κ1) is 16.1. The molecule has 0 radical (unpaired) electrons. The average molecular weight is 309 g/mol. The van der Waals surface area contributed by atoms with E-state index >= 15 is 0 Å². The van der Waals surface area contributed by atoms with E-state index in [4.69, 9.17) is 14.2 Å². The molecule has 120 valence electrons. The van der Waals surface area contributed by atoms with Crippen molar-refractivity contribution in [3.63, 3.8) is 0 Å². The molecule has 0 aliphatic carbocycles.